The minimum absolute atomic E-state index is 0.0822. The van der Waals surface area contributed by atoms with Crippen LogP contribution in [0.1, 0.15) is 0 Å². The highest BCUT2D eigenvalue weighted by Gasteiger charge is 2.44. The molecule has 1 fully saturated rings. The molecule has 3 rings (SSSR count). The number of urea groups is 1. The number of likely N-dealkylation sites (N-methyl/N-ethyl adjacent to an activating group) is 1. The van der Waals surface area contributed by atoms with Crippen molar-refractivity contribution in [3.05, 3.63) is 18.2 Å². The minimum atomic E-state index is -3.79. The molecule has 0 aliphatic carbocycles. The van der Waals surface area contributed by atoms with E-state index in [1.807, 2.05) is 0 Å². The fourth-order valence-electron chi connectivity index (χ4n) is 2.12. The van der Waals surface area contributed by atoms with Gasteiger partial charge in [-0.3, -0.25) is 19.3 Å². The molecule has 0 radical (unpaired) electrons. The van der Waals surface area contributed by atoms with Crippen LogP contribution in [0.5, 0.6) is 11.5 Å². The normalized spacial score (nSPS) is 18.4. The summed E-state index contributed by atoms with van der Waals surface area (Å²) in [6.45, 7) is -0.696. The van der Waals surface area contributed by atoms with Crippen LogP contribution < -0.4 is 14.8 Å². The zero-order chi connectivity index (χ0) is 17.6. The molecule has 0 unspecified atom stereocenters. The minimum Gasteiger partial charge on any atom is -0.395 e. The largest absolute Gasteiger partial charge is 0.586 e. The number of fused-ring (bicyclic) bond motifs is 1. The molecular weight excluding hydrogens is 332 g/mol. The molecule has 0 bridgehead atoms. The maximum atomic E-state index is 12.9. The summed E-state index contributed by atoms with van der Waals surface area (Å²) in [5, 5.41) is 2.30. The highest BCUT2D eigenvalue weighted by atomic mass is 19.3. The van der Waals surface area contributed by atoms with Gasteiger partial charge >= 0.3 is 24.1 Å². The van der Waals surface area contributed by atoms with Crippen molar-refractivity contribution >= 4 is 29.4 Å². The van der Waals surface area contributed by atoms with E-state index in [2.05, 4.69) is 14.8 Å². The van der Waals surface area contributed by atoms with Crippen LogP contribution in [-0.4, -0.2) is 53.4 Å². The van der Waals surface area contributed by atoms with Crippen LogP contribution in [0.25, 0.3) is 0 Å². The molecule has 1 N–H and O–H groups in total. The van der Waals surface area contributed by atoms with Crippen molar-refractivity contribution in [1.29, 1.82) is 0 Å². The summed E-state index contributed by atoms with van der Waals surface area (Å²) < 4.78 is 34.3. The van der Waals surface area contributed by atoms with Crippen LogP contribution in [0, 0.1) is 0 Å². The van der Waals surface area contributed by atoms with E-state index in [1.54, 1.807) is 0 Å². The lowest BCUT2D eigenvalue weighted by Gasteiger charge is -2.12. The van der Waals surface area contributed by atoms with E-state index in [1.165, 1.54) is 6.07 Å². The number of carbonyl (C=O) groups is 4. The van der Waals surface area contributed by atoms with Gasteiger partial charge in [-0.1, -0.05) is 0 Å². The van der Waals surface area contributed by atoms with Gasteiger partial charge in [0.15, 0.2) is 11.5 Å². The second-order valence-corrected chi connectivity index (χ2v) is 4.92. The molecule has 9 nitrogen and oxygen atoms in total. The number of nitrogens with one attached hydrogen (secondary N) is 1. The zero-order valence-electron chi connectivity index (χ0n) is 12.0. The van der Waals surface area contributed by atoms with Gasteiger partial charge in [-0.15, -0.1) is 8.78 Å². The monoisotopic (exact) mass is 341 g/mol. The summed E-state index contributed by atoms with van der Waals surface area (Å²) in [7, 11) is 1.11. The summed E-state index contributed by atoms with van der Waals surface area (Å²) in [6.07, 6.45) is -3.79. The van der Waals surface area contributed by atoms with Crippen molar-refractivity contribution < 1.29 is 37.4 Å². The number of anilines is 1. The van der Waals surface area contributed by atoms with E-state index >= 15 is 0 Å². The summed E-state index contributed by atoms with van der Waals surface area (Å²) in [5.74, 6) is -3.44. The third-order valence-electron chi connectivity index (χ3n) is 3.24. The Kier molecular flexibility index (Phi) is 3.36. The van der Waals surface area contributed by atoms with Crippen LogP contribution in [-0.2, 0) is 14.4 Å². The van der Waals surface area contributed by atoms with Gasteiger partial charge in [-0.05, 0) is 12.1 Å². The van der Waals surface area contributed by atoms with E-state index in [0.29, 0.717) is 9.80 Å². The number of alkyl halides is 2. The Morgan fingerprint density at radius 3 is 2.46 bits per heavy atom. The van der Waals surface area contributed by atoms with Crippen molar-refractivity contribution in [2.45, 2.75) is 6.29 Å². The molecular formula is C13H9F2N3O6. The third kappa shape index (κ3) is 2.59. The molecule has 0 atom stereocenters. The molecule has 24 heavy (non-hydrogen) atoms. The predicted octanol–water partition coefficient (Wildman–Crippen LogP) is 0.367. The third-order valence-corrected chi connectivity index (χ3v) is 3.24. The standard InChI is InChI=1S/C13H9F2N3O6/c1-17-10(20)11(21)18(12(17)22)5-9(19)16-6-2-3-7-8(4-6)24-13(14,15)23-7/h2-4H,5H2,1H3,(H,16,19). The number of nitrogens with zero attached hydrogens (tertiary/aromatic N) is 2. The molecule has 2 aliphatic rings. The molecule has 5 amide bonds. The maximum absolute atomic E-state index is 12.9. The van der Waals surface area contributed by atoms with E-state index in [4.69, 9.17) is 0 Å². The molecule has 0 saturated carbocycles. The van der Waals surface area contributed by atoms with E-state index < -0.39 is 36.6 Å². The van der Waals surface area contributed by atoms with Gasteiger partial charge in [0.05, 0.1) is 0 Å². The van der Waals surface area contributed by atoms with Crippen LogP contribution in [0.15, 0.2) is 18.2 Å². The summed E-state index contributed by atoms with van der Waals surface area (Å²) >= 11 is 0. The lowest BCUT2D eigenvalue weighted by molar-refractivity contribution is -0.286. The lowest BCUT2D eigenvalue weighted by atomic mass is 10.2. The number of hydrogen-bond donors (Lipinski definition) is 1. The van der Waals surface area contributed by atoms with Gasteiger partial charge in [0.1, 0.15) is 6.54 Å². The van der Waals surface area contributed by atoms with E-state index in [-0.39, 0.29) is 17.2 Å². The highest BCUT2D eigenvalue weighted by Crippen LogP contribution is 2.42. The van der Waals surface area contributed by atoms with Gasteiger partial charge in [0.2, 0.25) is 5.91 Å². The first-order valence-corrected chi connectivity index (χ1v) is 6.51. The topological polar surface area (TPSA) is 105 Å². The number of ether oxygens (including phenoxy) is 2. The first kappa shape index (κ1) is 15.6. The Morgan fingerprint density at radius 1 is 1.17 bits per heavy atom. The zero-order valence-corrected chi connectivity index (χ0v) is 12.0. The Labute approximate surface area is 132 Å². The van der Waals surface area contributed by atoms with Gasteiger partial charge < -0.3 is 14.8 Å². The number of carbonyl (C=O) groups excluding carboxylic acids is 4. The fraction of sp³-hybridized carbons (Fsp3) is 0.231. The van der Waals surface area contributed by atoms with Crippen LogP contribution >= 0.6 is 0 Å². The molecule has 0 aromatic heterocycles. The average molecular weight is 341 g/mol. The number of benzene rings is 1. The van der Waals surface area contributed by atoms with Crippen molar-refractivity contribution in [2.75, 3.05) is 18.9 Å². The Morgan fingerprint density at radius 2 is 1.83 bits per heavy atom. The second-order valence-electron chi connectivity index (χ2n) is 4.92. The number of amides is 5. The molecule has 1 aromatic carbocycles. The van der Waals surface area contributed by atoms with Gasteiger partial charge in [0.25, 0.3) is 0 Å². The average Bonchev–Trinajstić information content (AvgIpc) is 2.90. The van der Waals surface area contributed by atoms with Crippen LogP contribution in [0.4, 0.5) is 19.3 Å². The molecule has 11 heteroatoms. The molecule has 1 aromatic rings. The van der Waals surface area contributed by atoms with E-state index in [9.17, 15) is 28.0 Å². The number of hydrogen-bond acceptors (Lipinski definition) is 6. The van der Waals surface area contributed by atoms with Crippen molar-refractivity contribution in [2.24, 2.45) is 0 Å². The van der Waals surface area contributed by atoms with Crippen molar-refractivity contribution in [3.63, 3.8) is 0 Å². The number of halogens is 2. The van der Waals surface area contributed by atoms with Crippen molar-refractivity contribution in [1.82, 2.24) is 9.80 Å². The summed E-state index contributed by atoms with van der Waals surface area (Å²) in [4.78, 5) is 47.5. The molecule has 2 heterocycles. The highest BCUT2D eigenvalue weighted by molar-refractivity contribution is 6.44. The van der Waals surface area contributed by atoms with E-state index in [0.717, 1.165) is 19.2 Å². The molecule has 1 saturated heterocycles. The predicted molar refractivity (Wildman–Crippen MR) is 71.2 cm³/mol. The summed E-state index contributed by atoms with van der Waals surface area (Å²) in [6, 6.07) is 2.60. The Balaban J connectivity index is 1.68. The molecule has 126 valence electrons. The second kappa shape index (κ2) is 5.15. The number of rotatable bonds is 3. The van der Waals surface area contributed by atoms with Gasteiger partial charge in [-0.2, -0.15) is 0 Å². The first-order valence-electron chi connectivity index (χ1n) is 6.51. The Hall–Kier alpha value is -3.24. The Bertz CT molecular complexity index is 781. The molecule has 0 spiro atoms. The van der Waals surface area contributed by atoms with Gasteiger partial charge in [-0.25, -0.2) is 9.69 Å². The number of imide groups is 2. The SMILES string of the molecule is CN1C(=O)C(=O)N(CC(=O)Nc2ccc3c(c2)OC(F)(F)O3)C1=O. The lowest BCUT2D eigenvalue weighted by Crippen LogP contribution is -2.38. The van der Waals surface area contributed by atoms with Crippen LogP contribution in [0.2, 0.25) is 0 Å². The molecule has 2 aliphatic heterocycles. The van der Waals surface area contributed by atoms with Crippen LogP contribution in [0.3, 0.4) is 0 Å². The first-order chi connectivity index (χ1) is 11.2. The van der Waals surface area contributed by atoms with Crippen molar-refractivity contribution in [3.8, 4) is 11.5 Å². The van der Waals surface area contributed by atoms with Gasteiger partial charge in [0, 0.05) is 18.8 Å². The maximum Gasteiger partial charge on any atom is 0.586 e. The fourth-order valence-corrected chi connectivity index (χ4v) is 2.12. The summed E-state index contributed by atoms with van der Waals surface area (Å²) in [5.41, 5.74) is 0.0822. The quantitative estimate of drug-likeness (QED) is 0.629. The smallest absolute Gasteiger partial charge is 0.395 e.